The van der Waals surface area contributed by atoms with E-state index in [4.69, 9.17) is 4.74 Å². The molecule has 0 unspecified atom stereocenters. The molecule has 0 saturated carbocycles. The molecule has 0 aliphatic carbocycles. The van der Waals surface area contributed by atoms with Crippen LogP contribution in [-0.2, 0) is 0 Å². The molecule has 2 aromatic rings. The van der Waals surface area contributed by atoms with E-state index < -0.39 is 0 Å². The van der Waals surface area contributed by atoms with Gasteiger partial charge < -0.3 is 4.74 Å². The van der Waals surface area contributed by atoms with E-state index in [1.807, 2.05) is 25.1 Å². The van der Waals surface area contributed by atoms with Crippen molar-refractivity contribution in [1.82, 2.24) is 15.6 Å². The molecular formula is C13H13BrN4O2. The summed E-state index contributed by atoms with van der Waals surface area (Å²) in [6.45, 7) is 1.82. The molecule has 0 spiro atoms. The number of nitrogens with zero attached hydrogens (tertiary/aromatic N) is 2. The predicted molar refractivity (Wildman–Crippen MR) is 79.1 cm³/mol. The summed E-state index contributed by atoms with van der Waals surface area (Å²) >= 11 is 3.37. The molecule has 0 radical (unpaired) electrons. The van der Waals surface area contributed by atoms with Gasteiger partial charge in [-0.15, -0.1) is 0 Å². The normalized spacial score (nSPS) is 10.8. The zero-order valence-electron chi connectivity index (χ0n) is 11.0. The Labute approximate surface area is 124 Å². The van der Waals surface area contributed by atoms with Gasteiger partial charge in [0.15, 0.2) is 5.69 Å². The van der Waals surface area contributed by atoms with Crippen LogP contribution in [0.5, 0.6) is 5.75 Å². The minimum atomic E-state index is -0.375. The molecule has 1 aromatic carbocycles. The number of hydrogen-bond donors (Lipinski definition) is 2. The SMILES string of the molecule is COc1ccc(Br)cc1/C=N\NC(=O)c1cc(C)[nH]n1. The number of rotatable bonds is 4. The summed E-state index contributed by atoms with van der Waals surface area (Å²) in [6, 6.07) is 7.16. The summed E-state index contributed by atoms with van der Waals surface area (Å²) in [4.78, 5) is 11.7. The second-order valence-corrected chi connectivity index (χ2v) is 4.94. The van der Waals surface area contributed by atoms with Crippen molar-refractivity contribution in [2.45, 2.75) is 6.92 Å². The topological polar surface area (TPSA) is 79.4 Å². The van der Waals surface area contributed by atoms with Crippen LogP contribution < -0.4 is 10.2 Å². The lowest BCUT2D eigenvalue weighted by Gasteiger charge is -2.04. The molecule has 0 aliphatic heterocycles. The van der Waals surface area contributed by atoms with Gasteiger partial charge in [-0.2, -0.15) is 10.2 Å². The second-order valence-electron chi connectivity index (χ2n) is 4.02. The third-order valence-corrected chi connectivity index (χ3v) is 2.99. The average molecular weight is 337 g/mol. The number of benzene rings is 1. The molecule has 1 aromatic heterocycles. The quantitative estimate of drug-likeness (QED) is 0.663. The molecule has 20 heavy (non-hydrogen) atoms. The molecule has 104 valence electrons. The molecule has 0 atom stereocenters. The Morgan fingerprint density at radius 1 is 1.50 bits per heavy atom. The lowest BCUT2D eigenvalue weighted by Crippen LogP contribution is -2.18. The number of aromatic nitrogens is 2. The number of methoxy groups -OCH3 is 1. The van der Waals surface area contributed by atoms with Crippen LogP contribution in [0, 0.1) is 6.92 Å². The smallest absolute Gasteiger partial charge is 0.291 e. The Balaban J connectivity index is 2.07. The molecule has 1 amide bonds. The van der Waals surface area contributed by atoms with E-state index in [-0.39, 0.29) is 5.91 Å². The summed E-state index contributed by atoms with van der Waals surface area (Å²) in [5, 5.41) is 10.4. The predicted octanol–water partition coefficient (Wildman–Crippen LogP) is 2.25. The van der Waals surface area contributed by atoms with E-state index in [9.17, 15) is 4.79 Å². The first-order valence-corrected chi connectivity index (χ1v) is 6.58. The van der Waals surface area contributed by atoms with Crippen LogP contribution >= 0.6 is 15.9 Å². The van der Waals surface area contributed by atoms with Gasteiger partial charge in [0.05, 0.1) is 13.3 Å². The van der Waals surface area contributed by atoms with Crippen molar-refractivity contribution in [2.24, 2.45) is 5.10 Å². The largest absolute Gasteiger partial charge is 0.496 e. The standard InChI is InChI=1S/C13H13BrN4O2/c1-8-5-11(17-16-8)13(19)18-15-7-9-6-10(14)3-4-12(9)20-2/h3-7H,1-2H3,(H,16,17)(H,18,19)/b15-7-. The molecular weight excluding hydrogens is 324 g/mol. The Morgan fingerprint density at radius 3 is 2.95 bits per heavy atom. The Morgan fingerprint density at radius 2 is 2.30 bits per heavy atom. The molecule has 0 bridgehead atoms. The number of carbonyl (C=O) groups is 1. The number of aryl methyl sites for hydroxylation is 1. The van der Waals surface area contributed by atoms with E-state index in [2.05, 4.69) is 36.7 Å². The highest BCUT2D eigenvalue weighted by atomic mass is 79.9. The van der Waals surface area contributed by atoms with Crippen molar-refractivity contribution in [3.05, 3.63) is 45.7 Å². The van der Waals surface area contributed by atoms with Crippen molar-refractivity contribution >= 4 is 28.1 Å². The molecule has 6 nitrogen and oxygen atoms in total. The first-order chi connectivity index (χ1) is 9.60. The van der Waals surface area contributed by atoms with Gasteiger partial charge in [-0.25, -0.2) is 5.43 Å². The van der Waals surface area contributed by atoms with Crippen LogP contribution in [0.15, 0.2) is 33.8 Å². The summed E-state index contributed by atoms with van der Waals surface area (Å²) in [5.74, 6) is 0.293. The maximum absolute atomic E-state index is 11.7. The average Bonchev–Trinajstić information content (AvgIpc) is 2.86. The van der Waals surface area contributed by atoms with Gasteiger partial charge in [-0.3, -0.25) is 9.89 Å². The monoisotopic (exact) mass is 336 g/mol. The van der Waals surface area contributed by atoms with Crippen molar-refractivity contribution in [1.29, 1.82) is 0 Å². The third kappa shape index (κ3) is 3.45. The molecule has 2 rings (SSSR count). The van der Waals surface area contributed by atoms with E-state index in [0.29, 0.717) is 11.4 Å². The number of hydrazone groups is 1. The van der Waals surface area contributed by atoms with Crippen LogP contribution in [0.4, 0.5) is 0 Å². The van der Waals surface area contributed by atoms with Crippen LogP contribution in [0.2, 0.25) is 0 Å². The minimum Gasteiger partial charge on any atom is -0.496 e. The van der Waals surface area contributed by atoms with E-state index in [1.54, 1.807) is 13.2 Å². The Hall–Kier alpha value is -2.15. The molecule has 0 aliphatic rings. The Bertz CT molecular complexity index is 652. The summed E-state index contributed by atoms with van der Waals surface area (Å²) in [7, 11) is 1.58. The fourth-order valence-corrected chi connectivity index (χ4v) is 1.94. The lowest BCUT2D eigenvalue weighted by atomic mass is 10.2. The van der Waals surface area contributed by atoms with E-state index >= 15 is 0 Å². The number of aromatic amines is 1. The Kier molecular flexibility index (Phi) is 4.52. The van der Waals surface area contributed by atoms with Crippen molar-refractivity contribution in [3.8, 4) is 5.75 Å². The van der Waals surface area contributed by atoms with Crippen LogP contribution in [0.1, 0.15) is 21.7 Å². The highest BCUT2D eigenvalue weighted by Gasteiger charge is 2.07. The van der Waals surface area contributed by atoms with Crippen molar-refractivity contribution in [2.75, 3.05) is 7.11 Å². The summed E-state index contributed by atoms with van der Waals surface area (Å²) in [6.07, 6.45) is 1.51. The highest BCUT2D eigenvalue weighted by molar-refractivity contribution is 9.10. The van der Waals surface area contributed by atoms with Gasteiger partial charge in [0.2, 0.25) is 0 Å². The van der Waals surface area contributed by atoms with Gasteiger partial charge in [-0.05, 0) is 31.2 Å². The number of ether oxygens (including phenoxy) is 1. The molecule has 0 saturated heterocycles. The second kappa shape index (κ2) is 6.33. The summed E-state index contributed by atoms with van der Waals surface area (Å²) in [5.41, 5.74) is 4.26. The molecule has 7 heteroatoms. The van der Waals surface area contributed by atoms with Crippen molar-refractivity contribution < 1.29 is 9.53 Å². The number of carbonyl (C=O) groups excluding carboxylic acids is 1. The van der Waals surface area contributed by atoms with Crippen LogP contribution in [0.3, 0.4) is 0 Å². The maximum Gasteiger partial charge on any atom is 0.291 e. The van der Waals surface area contributed by atoms with Crippen molar-refractivity contribution in [3.63, 3.8) is 0 Å². The van der Waals surface area contributed by atoms with Crippen LogP contribution in [-0.4, -0.2) is 29.4 Å². The lowest BCUT2D eigenvalue weighted by molar-refractivity contribution is 0.0950. The van der Waals surface area contributed by atoms with Gasteiger partial charge in [0.25, 0.3) is 5.91 Å². The van der Waals surface area contributed by atoms with Gasteiger partial charge in [0.1, 0.15) is 5.75 Å². The first-order valence-electron chi connectivity index (χ1n) is 5.79. The van der Waals surface area contributed by atoms with Gasteiger partial charge in [0, 0.05) is 15.7 Å². The molecule has 0 fully saturated rings. The zero-order valence-corrected chi connectivity index (χ0v) is 12.6. The van der Waals surface area contributed by atoms with Gasteiger partial charge >= 0.3 is 0 Å². The summed E-state index contributed by atoms with van der Waals surface area (Å²) < 4.78 is 6.10. The minimum absolute atomic E-state index is 0.292. The number of halogens is 1. The number of hydrogen-bond acceptors (Lipinski definition) is 4. The number of nitrogens with one attached hydrogen (secondary N) is 2. The number of H-pyrrole nitrogens is 1. The van der Waals surface area contributed by atoms with Crippen LogP contribution in [0.25, 0.3) is 0 Å². The molecule has 2 N–H and O–H groups in total. The fraction of sp³-hybridized carbons (Fsp3) is 0.154. The van der Waals surface area contributed by atoms with Gasteiger partial charge in [-0.1, -0.05) is 15.9 Å². The third-order valence-electron chi connectivity index (χ3n) is 2.50. The number of amides is 1. The zero-order chi connectivity index (χ0) is 14.5. The first kappa shape index (κ1) is 14.3. The maximum atomic E-state index is 11.7. The van der Waals surface area contributed by atoms with E-state index in [1.165, 1.54) is 6.21 Å². The molecule has 1 heterocycles. The fourth-order valence-electron chi connectivity index (χ4n) is 1.56. The van der Waals surface area contributed by atoms with E-state index in [0.717, 1.165) is 15.7 Å². The highest BCUT2D eigenvalue weighted by Crippen LogP contribution is 2.21.